The van der Waals surface area contributed by atoms with Crippen LogP contribution in [0.15, 0.2) is 17.5 Å². The molecule has 1 aromatic heterocycles. The van der Waals surface area contributed by atoms with Gasteiger partial charge >= 0.3 is 6.03 Å². The van der Waals surface area contributed by atoms with Gasteiger partial charge in [0.15, 0.2) is 0 Å². The molecule has 1 fully saturated rings. The van der Waals surface area contributed by atoms with Crippen LogP contribution in [-0.2, 0) is 16.0 Å². The standard InChI is InChI=1S/C15H23N3O3S/c1-11-9-21-10-12(2)18(11)8-14(19)17-15(20)16-6-5-13-4-3-7-22-13/h3-4,7,11-12H,5-6,8-10H2,1-2H3,(H2,16,17,19,20)/t11-,12+. The summed E-state index contributed by atoms with van der Waals surface area (Å²) in [7, 11) is 0. The molecule has 1 aliphatic rings. The summed E-state index contributed by atoms with van der Waals surface area (Å²) in [4.78, 5) is 26.9. The molecule has 0 aromatic carbocycles. The summed E-state index contributed by atoms with van der Waals surface area (Å²) in [5, 5.41) is 7.09. The van der Waals surface area contributed by atoms with Crippen molar-refractivity contribution < 1.29 is 14.3 Å². The van der Waals surface area contributed by atoms with Crippen molar-refractivity contribution in [1.29, 1.82) is 0 Å². The SMILES string of the molecule is C[C@@H]1COC[C@H](C)N1CC(=O)NC(=O)NCCc1cccs1. The molecular formula is C15H23N3O3S. The first kappa shape index (κ1) is 16.9. The molecule has 0 saturated carbocycles. The average Bonchev–Trinajstić information content (AvgIpc) is 2.96. The zero-order chi connectivity index (χ0) is 15.9. The summed E-state index contributed by atoms with van der Waals surface area (Å²) in [6.45, 7) is 6.00. The summed E-state index contributed by atoms with van der Waals surface area (Å²) < 4.78 is 5.42. The van der Waals surface area contributed by atoms with Crippen molar-refractivity contribution in [3.63, 3.8) is 0 Å². The van der Waals surface area contributed by atoms with E-state index >= 15 is 0 Å². The number of hydrogen-bond donors (Lipinski definition) is 2. The number of thiophene rings is 1. The highest BCUT2D eigenvalue weighted by atomic mass is 32.1. The van der Waals surface area contributed by atoms with Gasteiger partial charge in [-0.25, -0.2) is 4.79 Å². The molecule has 2 heterocycles. The smallest absolute Gasteiger partial charge is 0.321 e. The highest BCUT2D eigenvalue weighted by Gasteiger charge is 2.27. The number of carbonyl (C=O) groups excluding carboxylic acids is 2. The number of nitrogens with one attached hydrogen (secondary N) is 2. The van der Waals surface area contributed by atoms with E-state index in [1.165, 1.54) is 4.88 Å². The number of imide groups is 1. The molecule has 0 aliphatic carbocycles. The number of morpholine rings is 1. The number of amides is 3. The lowest BCUT2D eigenvalue weighted by molar-refractivity contribution is -0.125. The molecule has 3 amide bonds. The highest BCUT2D eigenvalue weighted by Crippen LogP contribution is 2.12. The normalized spacial score (nSPS) is 22.3. The van der Waals surface area contributed by atoms with Crippen LogP contribution in [-0.4, -0.2) is 55.2 Å². The minimum Gasteiger partial charge on any atom is -0.378 e. The van der Waals surface area contributed by atoms with Crippen LogP contribution in [0.5, 0.6) is 0 Å². The van der Waals surface area contributed by atoms with Gasteiger partial charge in [-0.3, -0.25) is 15.0 Å². The maximum absolute atomic E-state index is 12.0. The summed E-state index contributed by atoms with van der Waals surface area (Å²) in [6.07, 6.45) is 0.775. The van der Waals surface area contributed by atoms with E-state index in [1.807, 2.05) is 31.4 Å². The Hall–Kier alpha value is -1.44. The fourth-order valence-electron chi connectivity index (χ4n) is 2.48. The second-order valence-electron chi connectivity index (χ2n) is 5.54. The molecule has 1 aliphatic heterocycles. The van der Waals surface area contributed by atoms with Crippen LogP contribution in [0.2, 0.25) is 0 Å². The van der Waals surface area contributed by atoms with E-state index in [1.54, 1.807) is 11.3 Å². The molecule has 2 rings (SSSR count). The van der Waals surface area contributed by atoms with Crippen LogP contribution >= 0.6 is 11.3 Å². The molecule has 1 aromatic rings. The van der Waals surface area contributed by atoms with E-state index in [4.69, 9.17) is 4.74 Å². The predicted octanol–water partition coefficient (Wildman–Crippen LogP) is 1.23. The third-order valence-corrected chi connectivity index (χ3v) is 4.60. The number of nitrogens with zero attached hydrogens (tertiary/aromatic N) is 1. The minimum atomic E-state index is -0.435. The monoisotopic (exact) mass is 325 g/mol. The molecule has 2 N–H and O–H groups in total. The Bertz CT molecular complexity index is 482. The quantitative estimate of drug-likeness (QED) is 0.854. The van der Waals surface area contributed by atoms with Crippen molar-refractivity contribution >= 4 is 23.3 Å². The first-order chi connectivity index (χ1) is 10.6. The van der Waals surface area contributed by atoms with Crippen LogP contribution in [0.4, 0.5) is 4.79 Å². The molecular weight excluding hydrogens is 302 g/mol. The lowest BCUT2D eigenvalue weighted by Crippen LogP contribution is -2.54. The van der Waals surface area contributed by atoms with Crippen molar-refractivity contribution in [2.24, 2.45) is 0 Å². The second-order valence-corrected chi connectivity index (χ2v) is 6.57. The average molecular weight is 325 g/mol. The summed E-state index contributed by atoms with van der Waals surface area (Å²) in [6, 6.07) is 3.92. The third-order valence-electron chi connectivity index (χ3n) is 3.67. The molecule has 0 radical (unpaired) electrons. The van der Waals surface area contributed by atoms with E-state index < -0.39 is 6.03 Å². The van der Waals surface area contributed by atoms with Crippen molar-refractivity contribution in [2.45, 2.75) is 32.4 Å². The number of hydrogen-bond acceptors (Lipinski definition) is 5. The first-order valence-electron chi connectivity index (χ1n) is 7.50. The van der Waals surface area contributed by atoms with Crippen LogP contribution in [0, 0.1) is 0 Å². The molecule has 0 unspecified atom stereocenters. The molecule has 1 saturated heterocycles. The highest BCUT2D eigenvalue weighted by molar-refractivity contribution is 7.09. The predicted molar refractivity (Wildman–Crippen MR) is 86.0 cm³/mol. The Balaban J connectivity index is 1.68. The summed E-state index contributed by atoms with van der Waals surface area (Å²) in [5.41, 5.74) is 0. The second kappa shape index (κ2) is 8.26. The van der Waals surface area contributed by atoms with Gasteiger partial charge in [-0.2, -0.15) is 0 Å². The van der Waals surface area contributed by atoms with Gasteiger partial charge in [-0.15, -0.1) is 11.3 Å². The van der Waals surface area contributed by atoms with Crippen molar-refractivity contribution in [3.8, 4) is 0 Å². The Morgan fingerprint density at radius 1 is 1.36 bits per heavy atom. The molecule has 0 bridgehead atoms. The fourth-order valence-corrected chi connectivity index (χ4v) is 3.19. The van der Waals surface area contributed by atoms with Crippen molar-refractivity contribution in [2.75, 3.05) is 26.3 Å². The Morgan fingerprint density at radius 2 is 2.09 bits per heavy atom. The molecule has 122 valence electrons. The number of ether oxygens (including phenoxy) is 1. The van der Waals surface area contributed by atoms with Crippen LogP contribution in [0.1, 0.15) is 18.7 Å². The van der Waals surface area contributed by atoms with Crippen molar-refractivity contribution in [1.82, 2.24) is 15.5 Å². The van der Waals surface area contributed by atoms with Gasteiger partial charge in [0.1, 0.15) is 0 Å². The van der Waals surface area contributed by atoms with E-state index in [-0.39, 0.29) is 24.5 Å². The fraction of sp³-hybridized carbons (Fsp3) is 0.600. The molecule has 2 atom stereocenters. The number of rotatable bonds is 5. The van der Waals surface area contributed by atoms with Crippen molar-refractivity contribution in [3.05, 3.63) is 22.4 Å². The molecule has 7 heteroatoms. The molecule has 22 heavy (non-hydrogen) atoms. The van der Waals surface area contributed by atoms with E-state index in [0.29, 0.717) is 19.8 Å². The van der Waals surface area contributed by atoms with Gasteiger partial charge in [0.2, 0.25) is 5.91 Å². The van der Waals surface area contributed by atoms with Crippen LogP contribution in [0.3, 0.4) is 0 Å². The third kappa shape index (κ3) is 5.08. The van der Waals surface area contributed by atoms with Gasteiger partial charge in [-0.05, 0) is 31.7 Å². The van der Waals surface area contributed by atoms with E-state index in [0.717, 1.165) is 6.42 Å². The summed E-state index contributed by atoms with van der Waals surface area (Å²) >= 11 is 1.66. The largest absolute Gasteiger partial charge is 0.378 e. The van der Waals surface area contributed by atoms with Gasteiger partial charge in [0, 0.05) is 23.5 Å². The van der Waals surface area contributed by atoms with Gasteiger partial charge in [0.05, 0.1) is 19.8 Å². The van der Waals surface area contributed by atoms with E-state index in [2.05, 4.69) is 15.5 Å². The van der Waals surface area contributed by atoms with Crippen LogP contribution in [0.25, 0.3) is 0 Å². The molecule has 6 nitrogen and oxygen atoms in total. The zero-order valence-electron chi connectivity index (χ0n) is 13.0. The lowest BCUT2D eigenvalue weighted by atomic mass is 10.2. The number of carbonyl (C=O) groups is 2. The van der Waals surface area contributed by atoms with E-state index in [9.17, 15) is 9.59 Å². The number of urea groups is 1. The molecule has 0 spiro atoms. The zero-order valence-corrected chi connectivity index (χ0v) is 13.8. The summed E-state index contributed by atoms with van der Waals surface area (Å²) in [5.74, 6) is -0.283. The van der Waals surface area contributed by atoms with Gasteiger partial charge in [-0.1, -0.05) is 6.07 Å². The van der Waals surface area contributed by atoms with Gasteiger partial charge < -0.3 is 10.1 Å². The minimum absolute atomic E-state index is 0.177. The first-order valence-corrected chi connectivity index (χ1v) is 8.37. The Labute approximate surface area is 134 Å². The maximum atomic E-state index is 12.0. The topological polar surface area (TPSA) is 70.7 Å². The lowest BCUT2D eigenvalue weighted by Gasteiger charge is -2.38. The van der Waals surface area contributed by atoms with Crippen LogP contribution < -0.4 is 10.6 Å². The Kier molecular flexibility index (Phi) is 6.35. The van der Waals surface area contributed by atoms with Gasteiger partial charge in [0.25, 0.3) is 0 Å². The maximum Gasteiger partial charge on any atom is 0.321 e. The Morgan fingerprint density at radius 3 is 2.73 bits per heavy atom.